The van der Waals surface area contributed by atoms with E-state index in [-0.39, 0.29) is 17.2 Å². The molecule has 0 bridgehead atoms. The van der Waals surface area contributed by atoms with Gasteiger partial charge in [-0.1, -0.05) is 0 Å². The lowest BCUT2D eigenvalue weighted by atomic mass is 10.1. The molecule has 0 spiro atoms. The predicted molar refractivity (Wildman–Crippen MR) is 64.6 cm³/mol. The first-order chi connectivity index (χ1) is 9.06. The van der Waals surface area contributed by atoms with Crippen LogP contribution in [0.4, 0.5) is 4.39 Å². The Labute approximate surface area is 109 Å². The van der Waals surface area contributed by atoms with Crippen LogP contribution in [0.5, 0.6) is 5.75 Å². The molecule has 0 aliphatic carbocycles. The number of nitrogens with one attached hydrogen (secondary N) is 1. The first-order valence-electron chi connectivity index (χ1n) is 6.04. The summed E-state index contributed by atoms with van der Waals surface area (Å²) in [5.74, 6) is -2.14. The van der Waals surface area contributed by atoms with Crippen molar-refractivity contribution in [3.05, 3.63) is 29.6 Å². The second-order valence-electron chi connectivity index (χ2n) is 4.37. The van der Waals surface area contributed by atoms with Gasteiger partial charge in [0.05, 0.1) is 5.56 Å². The van der Waals surface area contributed by atoms with Gasteiger partial charge in [-0.05, 0) is 31.4 Å². The highest BCUT2D eigenvalue weighted by atomic mass is 19.1. The number of carboxylic acid groups (broad SMARTS) is 1. The minimum Gasteiger partial charge on any atom is -0.480 e. The summed E-state index contributed by atoms with van der Waals surface area (Å²) in [6.45, 7) is 0.599. The van der Waals surface area contributed by atoms with Gasteiger partial charge in [0, 0.05) is 12.6 Å². The molecule has 6 heteroatoms. The van der Waals surface area contributed by atoms with Gasteiger partial charge >= 0.3 is 5.97 Å². The second-order valence-corrected chi connectivity index (χ2v) is 4.37. The topological polar surface area (TPSA) is 75.6 Å². The number of aromatic carboxylic acids is 1. The fourth-order valence-corrected chi connectivity index (χ4v) is 1.94. The van der Waals surface area contributed by atoms with Crippen LogP contribution in [-0.2, 0) is 4.79 Å². The molecular weight excluding hydrogens is 253 g/mol. The molecule has 1 saturated heterocycles. The molecule has 1 aliphatic heterocycles. The normalized spacial score (nSPS) is 19.4. The number of rotatable bonds is 3. The van der Waals surface area contributed by atoms with Gasteiger partial charge in [0.2, 0.25) is 0 Å². The van der Waals surface area contributed by atoms with Gasteiger partial charge < -0.3 is 15.2 Å². The van der Waals surface area contributed by atoms with Crippen LogP contribution in [0.25, 0.3) is 0 Å². The van der Waals surface area contributed by atoms with Gasteiger partial charge in [0.1, 0.15) is 11.6 Å². The van der Waals surface area contributed by atoms with Crippen LogP contribution in [-0.4, -0.2) is 29.6 Å². The summed E-state index contributed by atoms with van der Waals surface area (Å²) in [7, 11) is 0. The highest BCUT2D eigenvalue weighted by Crippen LogP contribution is 2.20. The number of hydrogen-bond acceptors (Lipinski definition) is 3. The molecule has 0 saturated carbocycles. The smallest absolute Gasteiger partial charge is 0.335 e. The fraction of sp³-hybridized carbons (Fsp3) is 0.385. The maximum atomic E-state index is 13.3. The Morgan fingerprint density at radius 1 is 1.37 bits per heavy atom. The molecule has 19 heavy (non-hydrogen) atoms. The minimum absolute atomic E-state index is 0.0550. The van der Waals surface area contributed by atoms with E-state index in [0.717, 1.165) is 25.0 Å². The lowest BCUT2D eigenvalue weighted by molar-refractivity contribution is -0.127. The van der Waals surface area contributed by atoms with E-state index in [4.69, 9.17) is 9.84 Å². The maximum absolute atomic E-state index is 13.3. The Morgan fingerprint density at radius 2 is 2.16 bits per heavy atom. The molecule has 0 radical (unpaired) electrons. The lowest BCUT2D eigenvalue weighted by Gasteiger charge is -2.16. The summed E-state index contributed by atoms with van der Waals surface area (Å²) in [4.78, 5) is 22.5. The summed E-state index contributed by atoms with van der Waals surface area (Å²) < 4.78 is 18.7. The van der Waals surface area contributed by atoms with Crippen molar-refractivity contribution in [1.82, 2.24) is 5.32 Å². The molecule has 1 aromatic carbocycles. The molecular formula is C13H14FNO4. The van der Waals surface area contributed by atoms with Crippen LogP contribution in [0.15, 0.2) is 18.2 Å². The van der Waals surface area contributed by atoms with Gasteiger partial charge in [-0.2, -0.15) is 0 Å². The molecule has 0 aromatic heterocycles. The third kappa shape index (κ3) is 3.43. The number of halogens is 1. The zero-order chi connectivity index (χ0) is 13.8. The van der Waals surface area contributed by atoms with Crippen molar-refractivity contribution in [3.8, 4) is 5.75 Å². The van der Waals surface area contributed by atoms with Gasteiger partial charge in [-0.15, -0.1) is 0 Å². The number of hydrogen-bond donors (Lipinski definition) is 2. The van der Waals surface area contributed by atoms with Crippen molar-refractivity contribution in [2.75, 3.05) is 6.54 Å². The number of carbonyl (C=O) groups excluding carboxylic acids is 1. The number of ether oxygens (including phenoxy) is 1. The first-order valence-corrected chi connectivity index (χ1v) is 6.04. The average Bonchev–Trinajstić information content (AvgIpc) is 2.54. The second kappa shape index (κ2) is 5.69. The molecule has 1 aliphatic rings. The van der Waals surface area contributed by atoms with E-state index in [9.17, 15) is 14.0 Å². The molecule has 2 N–H and O–H groups in total. The van der Waals surface area contributed by atoms with E-state index in [1.54, 1.807) is 0 Å². The molecule has 1 aromatic rings. The Balaban J connectivity index is 2.17. The standard InChI is InChI=1S/C13H14FNO4/c14-9-5-8(13(17)18)6-10(7-9)19-11-3-1-2-4-15-12(11)16/h5-7,11H,1-4H2,(H,15,16)(H,17,18). The van der Waals surface area contributed by atoms with Crippen molar-refractivity contribution in [2.24, 2.45) is 0 Å². The van der Waals surface area contributed by atoms with Crippen LogP contribution in [0.2, 0.25) is 0 Å². The summed E-state index contributed by atoms with van der Waals surface area (Å²) in [6.07, 6.45) is 1.52. The third-order valence-corrected chi connectivity index (χ3v) is 2.88. The van der Waals surface area contributed by atoms with Gasteiger partial charge in [-0.3, -0.25) is 4.79 Å². The highest BCUT2D eigenvalue weighted by Gasteiger charge is 2.22. The van der Waals surface area contributed by atoms with E-state index < -0.39 is 17.9 Å². The van der Waals surface area contributed by atoms with Crippen LogP contribution in [0, 0.1) is 5.82 Å². The maximum Gasteiger partial charge on any atom is 0.335 e. The number of carbonyl (C=O) groups is 2. The SMILES string of the molecule is O=C(O)c1cc(F)cc(OC2CCCCNC2=O)c1. The molecule has 2 rings (SSSR count). The Hall–Kier alpha value is -2.11. The fourth-order valence-electron chi connectivity index (χ4n) is 1.94. The van der Waals surface area contributed by atoms with E-state index in [1.807, 2.05) is 0 Å². The first kappa shape index (κ1) is 13.3. The van der Waals surface area contributed by atoms with Gasteiger partial charge in [0.15, 0.2) is 6.10 Å². The van der Waals surface area contributed by atoms with Crippen LogP contribution in [0.3, 0.4) is 0 Å². The Bertz CT molecular complexity index is 503. The summed E-state index contributed by atoms with van der Waals surface area (Å²) in [6, 6.07) is 3.19. The van der Waals surface area contributed by atoms with Crippen molar-refractivity contribution in [2.45, 2.75) is 25.4 Å². The molecule has 1 atom stereocenters. The lowest BCUT2D eigenvalue weighted by Crippen LogP contribution is -2.36. The third-order valence-electron chi connectivity index (χ3n) is 2.88. The highest BCUT2D eigenvalue weighted by molar-refractivity contribution is 5.88. The van der Waals surface area contributed by atoms with E-state index in [2.05, 4.69) is 5.32 Å². The Morgan fingerprint density at radius 3 is 2.89 bits per heavy atom. The number of amides is 1. The van der Waals surface area contributed by atoms with Gasteiger partial charge in [0.25, 0.3) is 5.91 Å². The van der Waals surface area contributed by atoms with E-state index in [1.165, 1.54) is 6.07 Å². The summed E-state index contributed by atoms with van der Waals surface area (Å²) in [5.41, 5.74) is -0.205. The zero-order valence-corrected chi connectivity index (χ0v) is 10.2. The minimum atomic E-state index is -1.24. The quantitative estimate of drug-likeness (QED) is 0.871. The van der Waals surface area contributed by atoms with Gasteiger partial charge in [-0.25, -0.2) is 9.18 Å². The molecule has 1 fully saturated rings. The molecule has 1 heterocycles. The Kier molecular flexibility index (Phi) is 3.99. The number of carboxylic acids is 1. The molecule has 1 unspecified atom stereocenters. The molecule has 102 valence electrons. The molecule has 1 amide bonds. The average molecular weight is 267 g/mol. The van der Waals surface area contributed by atoms with Crippen LogP contribution in [0.1, 0.15) is 29.6 Å². The van der Waals surface area contributed by atoms with Crippen LogP contribution < -0.4 is 10.1 Å². The molecule has 5 nitrogen and oxygen atoms in total. The number of benzene rings is 1. The monoisotopic (exact) mass is 267 g/mol. The van der Waals surface area contributed by atoms with Crippen molar-refractivity contribution < 1.29 is 23.8 Å². The van der Waals surface area contributed by atoms with Crippen LogP contribution >= 0.6 is 0 Å². The van der Waals surface area contributed by atoms with Crippen molar-refractivity contribution >= 4 is 11.9 Å². The van der Waals surface area contributed by atoms with Crippen molar-refractivity contribution in [3.63, 3.8) is 0 Å². The summed E-state index contributed by atoms with van der Waals surface area (Å²) in [5, 5.41) is 11.5. The van der Waals surface area contributed by atoms with Crippen molar-refractivity contribution in [1.29, 1.82) is 0 Å². The zero-order valence-electron chi connectivity index (χ0n) is 10.2. The summed E-state index contributed by atoms with van der Waals surface area (Å²) >= 11 is 0. The largest absolute Gasteiger partial charge is 0.480 e. The predicted octanol–water partition coefficient (Wildman–Crippen LogP) is 1.57. The van der Waals surface area contributed by atoms with E-state index >= 15 is 0 Å². The van der Waals surface area contributed by atoms with E-state index in [0.29, 0.717) is 13.0 Å².